The maximum atomic E-state index is 12.1. The van der Waals surface area contributed by atoms with E-state index in [1.54, 1.807) is 13.0 Å². The highest BCUT2D eigenvalue weighted by molar-refractivity contribution is 6.08. The Kier molecular flexibility index (Phi) is 4.88. The van der Waals surface area contributed by atoms with Crippen LogP contribution in [0.3, 0.4) is 0 Å². The fraction of sp³-hybridized carbons (Fsp3) is 0.583. The third kappa shape index (κ3) is 2.88. The summed E-state index contributed by atoms with van der Waals surface area (Å²) in [6.45, 7) is 5.74. The molecule has 3 N–H and O–H groups in total. The molecule has 18 heavy (non-hydrogen) atoms. The van der Waals surface area contributed by atoms with Crippen LogP contribution >= 0.6 is 0 Å². The van der Waals surface area contributed by atoms with Gasteiger partial charge in [0, 0.05) is 0 Å². The molecule has 0 aromatic rings. The second-order valence-electron chi connectivity index (χ2n) is 4.18. The molecule has 1 saturated carbocycles. The van der Waals surface area contributed by atoms with E-state index in [0.29, 0.717) is 31.6 Å². The number of allylic oxidation sites excluding steroid dienone is 1. The van der Waals surface area contributed by atoms with Crippen molar-refractivity contribution in [1.82, 2.24) is 5.43 Å². The number of ether oxygens (including phenoxy) is 1. The van der Waals surface area contributed by atoms with E-state index in [9.17, 15) is 9.59 Å². The first-order valence-corrected chi connectivity index (χ1v) is 5.97. The number of primary amides is 1. The normalized spacial score (nSPS) is 24.8. The number of rotatable bonds is 5. The Morgan fingerprint density at radius 2 is 2.39 bits per heavy atom. The van der Waals surface area contributed by atoms with Crippen LogP contribution in [0.4, 0.5) is 4.79 Å². The maximum absolute atomic E-state index is 12.1. The van der Waals surface area contributed by atoms with Crippen LogP contribution in [-0.4, -0.2) is 24.3 Å². The van der Waals surface area contributed by atoms with Gasteiger partial charge in [-0.1, -0.05) is 6.08 Å². The number of hydrogen-bond acceptors (Lipinski definition) is 4. The van der Waals surface area contributed by atoms with Crippen molar-refractivity contribution < 1.29 is 14.3 Å². The van der Waals surface area contributed by atoms with Crippen LogP contribution in [0.1, 0.15) is 32.6 Å². The molecule has 0 aromatic heterocycles. The topological polar surface area (TPSA) is 93.8 Å². The van der Waals surface area contributed by atoms with Crippen LogP contribution in [0.25, 0.3) is 0 Å². The summed E-state index contributed by atoms with van der Waals surface area (Å²) in [7, 11) is 0. The summed E-state index contributed by atoms with van der Waals surface area (Å²) in [5, 5.41) is 3.94. The first-order valence-electron chi connectivity index (χ1n) is 5.97. The Balaban J connectivity index is 3.00. The van der Waals surface area contributed by atoms with Crippen LogP contribution in [-0.2, 0) is 9.53 Å². The molecular weight excluding hydrogens is 234 g/mol. The first-order chi connectivity index (χ1) is 8.56. The van der Waals surface area contributed by atoms with Crippen molar-refractivity contribution in [2.24, 2.45) is 16.3 Å². The van der Waals surface area contributed by atoms with Gasteiger partial charge in [-0.25, -0.2) is 10.2 Å². The van der Waals surface area contributed by atoms with Gasteiger partial charge in [0.05, 0.1) is 12.3 Å². The lowest BCUT2D eigenvalue weighted by Gasteiger charge is -2.25. The van der Waals surface area contributed by atoms with Crippen molar-refractivity contribution in [3.05, 3.63) is 12.7 Å². The molecule has 6 nitrogen and oxygen atoms in total. The van der Waals surface area contributed by atoms with Crippen molar-refractivity contribution in [2.45, 2.75) is 32.6 Å². The number of carbonyl (C=O) groups excluding carboxylic acids is 2. The van der Waals surface area contributed by atoms with Crippen LogP contribution in [0.2, 0.25) is 0 Å². The second-order valence-corrected chi connectivity index (χ2v) is 4.18. The van der Waals surface area contributed by atoms with Crippen LogP contribution < -0.4 is 11.2 Å². The zero-order valence-electron chi connectivity index (χ0n) is 10.6. The molecule has 0 radical (unpaired) electrons. The molecule has 6 heteroatoms. The maximum Gasteiger partial charge on any atom is 0.332 e. The van der Waals surface area contributed by atoms with Crippen LogP contribution in [0.15, 0.2) is 17.8 Å². The fourth-order valence-corrected chi connectivity index (χ4v) is 2.27. The number of hydrazone groups is 1. The Morgan fingerprint density at radius 1 is 1.67 bits per heavy atom. The van der Waals surface area contributed by atoms with Gasteiger partial charge in [0.15, 0.2) is 0 Å². The van der Waals surface area contributed by atoms with Gasteiger partial charge in [-0.15, -0.1) is 6.58 Å². The number of nitrogens with one attached hydrogen (secondary N) is 1. The number of amides is 2. The molecule has 100 valence electrons. The molecule has 1 aliphatic rings. The third-order valence-electron chi connectivity index (χ3n) is 3.03. The highest BCUT2D eigenvalue weighted by Gasteiger charge is 2.47. The number of carbonyl (C=O) groups is 2. The average Bonchev–Trinajstić information content (AvgIpc) is 2.71. The zero-order chi connectivity index (χ0) is 13.6. The Labute approximate surface area is 106 Å². The number of urea groups is 1. The molecule has 0 heterocycles. The predicted octanol–water partition coefficient (Wildman–Crippen LogP) is 1.32. The van der Waals surface area contributed by atoms with E-state index in [4.69, 9.17) is 10.5 Å². The summed E-state index contributed by atoms with van der Waals surface area (Å²) in [5.41, 5.74) is 6.98. The monoisotopic (exact) mass is 253 g/mol. The van der Waals surface area contributed by atoms with E-state index in [2.05, 4.69) is 17.1 Å². The molecule has 0 saturated heterocycles. The Hall–Kier alpha value is -1.85. The SMILES string of the molecule is C=CCC1(C(=O)OCC)CCCC1=NNC(N)=O. The van der Waals surface area contributed by atoms with Gasteiger partial charge in [0.1, 0.15) is 5.41 Å². The summed E-state index contributed by atoms with van der Waals surface area (Å²) >= 11 is 0. The van der Waals surface area contributed by atoms with Gasteiger partial charge in [-0.05, 0) is 32.6 Å². The van der Waals surface area contributed by atoms with Crippen molar-refractivity contribution in [1.29, 1.82) is 0 Å². The van der Waals surface area contributed by atoms with Crippen molar-refractivity contribution in [3.8, 4) is 0 Å². The van der Waals surface area contributed by atoms with Crippen LogP contribution in [0.5, 0.6) is 0 Å². The van der Waals surface area contributed by atoms with E-state index in [1.807, 2.05) is 0 Å². The van der Waals surface area contributed by atoms with Gasteiger partial charge in [0.2, 0.25) is 0 Å². The lowest BCUT2D eigenvalue weighted by Crippen LogP contribution is -2.38. The Morgan fingerprint density at radius 3 is 2.94 bits per heavy atom. The zero-order valence-corrected chi connectivity index (χ0v) is 10.6. The molecule has 2 amide bonds. The molecule has 1 atom stereocenters. The molecular formula is C12H19N3O3. The molecule has 0 aliphatic heterocycles. The minimum Gasteiger partial charge on any atom is -0.465 e. The van der Waals surface area contributed by atoms with Gasteiger partial charge in [-0.2, -0.15) is 5.10 Å². The molecule has 1 fully saturated rings. The van der Waals surface area contributed by atoms with E-state index < -0.39 is 11.4 Å². The standard InChI is InChI=1S/C12H19N3O3/c1-3-7-12(10(16)18-4-2)8-5-6-9(12)14-15-11(13)17/h3H,1,4-8H2,2H3,(H3,13,15,17). The molecule has 0 spiro atoms. The number of nitrogens with two attached hydrogens (primary N) is 1. The molecule has 0 aromatic carbocycles. The lowest BCUT2D eigenvalue weighted by molar-refractivity contribution is -0.151. The molecule has 1 unspecified atom stereocenters. The van der Waals surface area contributed by atoms with E-state index in [0.717, 1.165) is 6.42 Å². The summed E-state index contributed by atoms with van der Waals surface area (Å²) in [6, 6.07) is -0.745. The average molecular weight is 253 g/mol. The first kappa shape index (κ1) is 14.2. The second kappa shape index (κ2) is 6.18. The minimum atomic E-state index is -0.791. The summed E-state index contributed by atoms with van der Waals surface area (Å²) in [4.78, 5) is 22.8. The summed E-state index contributed by atoms with van der Waals surface area (Å²) in [6.07, 6.45) is 4.24. The molecule has 1 aliphatic carbocycles. The number of esters is 1. The predicted molar refractivity (Wildman–Crippen MR) is 67.9 cm³/mol. The largest absolute Gasteiger partial charge is 0.465 e. The van der Waals surface area contributed by atoms with E-state index in [-0.39, 0.29) is 5.97 Å². The van der Waals surface area contributed by atoms with Crippen molar-refractivity contribution >= 4 is 17.7 Å². The van der Waals surface area contributed by atoms with E-state index >= 15 is 0 Å². The molecule has 0 bridgehead atoms. The number of hydrogen-bond donors (Lipinski definition) is 2. The highest BCUT2D eigenvalue weighted by atomic mass is 16.5. The Bertz CT molecular complexity index is 379. The third-order valence-corrected chi connectivity index (χ3v) is 3.03. The van der Waals surface area contributed by atoms with Gasteiger partial charge in [-0.3, -0.25) is 4.79 Å². The fourth-order valence-electron chi connectivity index (χ4n) is 2.27. The van der Waals surface area contributed by atoms with Crippen LogP contribution in [0, 0.1) is 5.41 Å². The lowest BCUT2D eigenvalue weighted by atomic mass is 9.81. The van der Waals surface area contributed by atoms with Gasteiger partial charge >= 0.3 is 12.0 Å². The minimum absolute atomic E-state index is 0.313. The number of nitrogens with zero attached hydrogens (tertiary/aromatic N) is 1. The van der Waals surface area contributed by atoms with Crippen molar-refractivity contribution in [3.63, 3.8) is 0 Å². The van der Waals surface area contributed by atoms with Crippen molar-refractivity contribution in [2.75, 3.05) is 6.61 Å². The quantitative estimate of drug-likeness (QED) is 0.439. The summed E-state index contributed by atoms with van der Waals surface area (Å²) in [5.74, 6) is -0.313. The van der Waals surface area contributed by atoms with Gasteiger partial charge in [0.25, 0.3) is 0 Å². The summed E-state index contributed by atoms with van der Waals surface area (Å²) < 4.78 is 5.11. The smallest absolute Gasteiger partial charge is 0.332 e. The molecule has 1 rings (SSSR count). The van der Waals surface area contributed by atoms with Gasteiger partial charge < -0.3 is 10.5 Å². The highest BCUT2D eigenvalue weighted by Crippen LogP contribution is 2.40. The van der Waals surface area contributed by atoms with E-state index in [1.165, 1.54) is 0 Å².